The molecule has 128 valence electrons. The Morgan fingerprint density at radius 3 is 2.76 bits per heavy atom. The van der Waals surface area contributed by atoms with Gasteiger partial charge in [-0.25, -0.2) is 4.79 Å². The molecule has 1 N–H and O–H groups in total. The standard InChI is InChI=1S/C17H13ClN2O5/c18-10-1-3-12-14(7-10)25-17(22)20(12)9-16(21)19-11-2-4-13-15(8-11)24-6-5-23-13/h1-4,7-8H,5-6,9H2,(H,19,21). The van der Waals surface area contributed by atoms with Crippen molar-refractivity contribution in [1.82, 2.24) is 4.57 Å². The molecular formula is C17H13ClN2O5. The van der Waals surface area contributed by atoms with Gasteiger partial charge in [0.05, 0.1) is 5.52 Å². The van der Waals surface area contributed by atoms with Crippen molar-refractivity contribution in [2.45, 2.75) is 6.54 Å². The molecule has 0 saturated carbocycles. The number of benzene rings is 2. The summed E-state index contributed by atoms with van der Waals surface area (Å²) >= 11 is 5.88. The second-order valence-corrected chi connectivity index (χ2v) is 5.91. The Morgan fingerprint density at radius 1 is 1.12 bits per heavy atom. The molecule has 1 amide bonds. The highest BCUT2D eigenvalue weighted by molar-refractivity contribution is 6.31. The molecule has 0 fully saturated rings. The Labute approximate surface area is 146 Å². The van der Waals surface area contributed by atoms with Gasteiger partial charge in [0.15, 0.2) is 17.1 Å². The molecule has 1 aliphatic rings. The van der Waals surface area contributed by atoms with E-state index in [0.717, 1.165) is 0 Å². The van der Waals surface area contributed by atoms with Gasteiger partial charge in [-0.1, -0.05) is 11.6 Å². The first-order valence-corrected chi connectivity index (χ1v) is 7.96. The van der Waals surface area contributed by atoms with Crippen molar-refractivity contribution in [3.8, 4) is 11.5 Å². The molecule has 25 heavy (non-hydrogen) atoms. The largest absolute Gasteiger partial charge is 0.486 e. The number of amides is 1. The summed E-state index contributed by atoms with van der Waals surface area (Å²) in [5.74, 6) is 0.230. The number of carbonyl (C=O) groups excluding carboxylic acids is 1. The number of halogens is 1. The highest BCUT2D eigenvalue weighted by Gasteiger charge is 2.15. The fourth-order valence-electron chi connectivity index (χ4n) is 2.66. The number of nitrogens with one attached hydrogen (secondary N) is 1. The van der Waals surface area contributed by atoms with Crippen molar-refractivity contribution in [2.75, 3.05) is 18.5 Å². The minimum atomic E-state index is -0.616. The summed E-state index contributed by atoms with van der Waals surface area (Å²) < 4.78 is 17.3. The van der Waals surface area contributed by atoms with Crippen LogP contribution in [0.15, 0.2) is 45.6 Å². The van der Waals surface area contributed by atoms with Crippen LogP contribution in [0.4, 0.5) is 5.69 Å². The average Bonchev–Trinajstić information content (AvgIpc) is 2.89. The van der Waals surface area contributed by atoms with Crippen LogP contribution in [0.2, 0.25) is 5.02 Å². The Balaban J connectivity index is 1.55. The van der Waals surface area contributed by atoms with Gasteiger partial charge in [-0.3, -0.25) is 9.36 Å². The number of oxazole rings is 1. The predicted molar refractivity (Wildman–Crippen MR) is 91.5 cm³/mol. The maximum absolute atomic E-state index is 12.3. The van der Waals surface area contributed by atoms with Crippen molar-refractivity contribution < 1.29 is 18.7 Å². The number of hydrogen-bond acceptors (Lipinski definition) is 5. The van der Waals surface area contributed by atoms with E-state index in [1.807, 2.05) is 0 Å². The first-order chi connectivity index (χ1) is 12.1. The van der Waals surface area contributed by atoms with Crippen molar-refractivity contribution >= 4 is 34.3 Å². The zero-order valence-electron chi connectivity index (χ0n) is 13.0. The average molecular weight is 361 g/mol. The Hall–Kier alpha value is -2.93. The van der Waals surface area contributed by atoms with Gasteiger partial charge < -0.3 is 19.2 Å². The van der Waals surface area contributed by atoms with Crippen LogP contribution in [0.5, 0.6) is 11.5 Å². The third kappa shape index (κ3) is 3.06. The lowest BCUT2D eigenvalue weighted by Gasteiger charge is -2.19. The monoisotopic (exact) mass is 360 g/mol. The SMILES string of the molecule is O=C(Cn1c(=O)oc2cc(Cl)ccc21)Nc1ccc2c(c1)OCCO2. The summed E-state index contributed by atoms with van der Waals surface area (Å²) in [5.41, 5.74) is 1.40. The fraction of sp³-hybridized carbons (Fsp3) is 0.176. The van der Waals surface area contributed by atoms with E-state index < -0.39 is 5.76 Å². The molecular weight excluding hydrogens is 348 g/mol. The molecule has 0 unspecified atom stereocenters. The first kappa shape index (κ1) is 15.6. The molecule has 1 aliphatic heterocycles. The van der Waals surface area contributed by atoms with Crippen LogP contribution in [0.3, 0.4) is 0 Å². The van der Waals surface area contributed by atoms with E-state index in [1.165, 1.54) is 10.6 Å². The van der Waals surface area contributed by atoms with E-state index in [1.54, 1.807) is 30.3 Å². The second-order valence-electron chi connectivity index (χ2n) is 5.47. The Kier molecular flexibility index (Phi) is 3.85. The summed E-state index contributed by atoms with van der Waals surface area (Å²) in [4.78, 5) is 24.3. The van der Waals surface area contributed by atoms with Gasteiger partial charge in [0.25, 0.3) is 0 Å². The van der Waals surface area contributed by atoms with E-state index in [4.69, 9.17) is 25.5 Å². The third-order valence-corrected chi connectivity index (χ3v) is 3.99. The van der Waals surface area contributed by atoms with Crippen LogP contribution < -0.4 is 20.5 Å². The van der Waals surface area contributed by atoms with E-state index in [-0.39, 0.29) is 12.5 Å². The topological polar surface area (TPSA) is 82.7 Å². The number of fused-ring (bicyclic) bond motifs is 2. The number of carbonyl (C=O) groups is 1. The molecule has 0 atom stereocenters. The number of aromatic nitrogens is 1. The zero-order chi connectivity index (χ0) is 17.4. The van der Waals surface area contributed by atoms with Crippen LogP contribution >= 0.6 is 11.6 Å². The number of ether oxygens (including phenoxy) is 2. The number of rotatable bonds is 3. The highest BCUT2D eigenvalue weighted by atomic mass is 35.5. The van der Waals surface area contributed by atoms with E-state index >= 15 is 0 Å². The molecule has 2 aromatic carbocycles. The van der Waals surface area contributed by atoms with Crippen molar-refractivity contribution in [2.24, 2.45) is 0 Å². The summed E-state index contributed by atoms with van der Waals surface area (Å²) in [6, 6.07) is 9.93. The molecule has 0 spiro atoms. The molecule has 0 saturated heterocycles. The minimum Gasteiger partial charge on any atom is -0.486 e. The van der Waals surface area contributed by atoms with Crippen LogP contribution in [0.1, 0.15) is 0 Å². The van der Waals surface area contributed by atoms with Gasteiger partial charge in [0.1, 0.15) is 19.8 Å². The zero-order valence-corrected chi connectivity index (χ0v) is 13.7. The quantitative estimate of drug-likeness (QED) is 0.776. The summed E-state index contributed by atoms with van der Waals surface area (Å²) in [7, 11) is 0. The normalized spacial score (nSPS) is 13.0. The summed E-state index contributed by atoms with van der Waals surface area (Å²) in [6.07, 6.45) is 0. The highest BCUT2D eigenvalue weighted by Crippen LogP contribution is 2.32. The van der Waals surface area contributed by atoms with E-state index in [2.05, 4.69) is 5.32 Å². The van der Waals surface area contributed by atoms with Crippen molar-refractivity contribution in [3.63, 3.8) is 0 Å². The van der Waals surface area contributed by atoms with Crippen LogP contribution in [0.25, 0.3) is 11.1 Å². The molecule has 1 aromatic heterocycles. The number of hydrogen-bond donors (Lipinski definition) is 1. The number of anilines is 1. The van der Waals surface area contributed by atoms with Gasteiger partial charge in [0, 0.05) is 22.8 Å². The second kappa shape index (κ2) is 6.18. The molecule has 2 heterocycles. The lowest BCUT2D eigenvalue weighted by atomic mass is 10.2. The molecule has 8 heteroatoms. The Morgan fingerprint density at radius 2 is 1.92 bits per heavy atom. The van der Waals surface area contributed by atoms with Gasteiger partial charge in [0.2, 0.25) is 5.91 Å². The van der Waals surface area contributed by atoms with Gasteiger partial charge in [-0.05, 0) is 24.3 Å². The van der Waals surface area contributed by atoms with E-state index in [0.29, 0.717) is 46.5 Å². The maximum Gasteiger partial charge on any atom is 0.420 e. The fourth-order valence-corrected chi connectivity index (χ4v) is 2.82. The summed E-state index contributed by atoms with van der Waals surface area (Å²) in [5, 5.41) is 3.18. The maximum atomic E-state index is 12.3. The summed E-state index contributed by atoms with van der Waals surface area (Å²) in [6.45, 7) is 0.782. The van der Waals surface area contributed by atoms with Gasteiger partial charge in [-0.2, -0.15) is 0 Å². The minimum absolute atomic E-state index is 0.179. The number of nitrogens with zero attached hydrogens (tertiary/aromatic N) is 1. The smallest absolute Gasteiger partial charge is 0.420 e. The van der Waals surface area contributed by atoms with Crippen LogP contribution in [-0.2, 0) is 11.3 Å². The van der Waals surface area contributed by atoms with Gasteiger partial charge >= 0.3 is 5.76 Å². The van der Waals surface area contributed by atoms with E-state index in [9.17, 15) is 9.59 Å². The van der Waals surface area contributed by atoms with Crippen LogP contribution in [0, 0.1) is 0 Å². The third-order valence-electron chi connectivity index (χ3n) is 3.76. The lowest BCUT2D eigenvalue weighted by Crippen LogP contribution is -2.25. The predicted octanol–water partition coefficient (Wildman–Crippen LogP) is 2.66. The lowest BCUT2D eigenvalue weighted by molar-refractivity contribution is -0.116. The van der Waals surface area contributed by atoms with Crippen molar-refractivity contribution in [3.05, 3.63) is 52.0 Å². The first-order valence-electron chi connectivity index (χ1n) is 7.58. The molecule has 0 bridgehead atoms. The molecule has 4 rings (SSSR count). The van der Waals surface area contributed by atoms with Crippen LogP contribution in [-0.4, -0.2) is 23.7 Å². The van der Waals surface area contributed by atoms with Crippen molar-refractivity contribution in [1.29, 1.82) is 0 Å². The van der Waals surface area contributed by atoms with Gasteiger partial charge in [-0.15, -0.1) is 0 Å². The molecule has 0 radical (unpaired) electrons. The molecule has 7 nitrogen and oxygen atoms in total. The Bertz CT molecular complexity index is 1020. The molecule has 0 aliphatic carbocycles. The molecule has 3 aromatic rings.